The zero-order chi connectivity index (χ0) is 14.7. The normalized spacial score (nSPS) is 12.7. The van der Waals surface area contributed by atoms with Crippen LogP contribution in [0.15, 0.2) is 30.5 Å². The van der Waals surface area contributed by atoms with Crippen LogP contribution in [0.1, 0.15) is 44.1 Å². The molecule has 2 rings (SSSR count). The van der Waals surface area contributed by atoms with Crippen LogP contribution < -0.4 is 10.5 Å². The Morgan fingerprint density at radius 1 is 1.30 bits per heavy atom. The maximum atomic E-state index is 13.8. The van der Waals surface area contributed by atoms with Crippen molar-refractivity contribution in [1.82, 2.24) is 9.78 Å². The fourth-order valence-electron chi connectivity index (χ4n) is 1.87. The molecule has 0 fully saturated rings. The number of nitrogens with two attached hydrogens (primary N) is 1. The highest BCUT2D eigenvalue weighted by Crippen LogP contribution is 2.21. The Morgan fingerprint density at radius 2 is 2.05 bits per heavy atom. The van der Waals surface area contributed by atoms with Crippen LogP contribution in [0.2, 0.25) is 0 Å². The molecule has 0 saturated heterocycles. The summed E-state index contributed by atoms with van der Waals surface area (Å²) in [5.74, 6) is 0.135. The molecule has 5 heteroatoms. The summed E-state index contributed by atoms with van der Waals surface area (Å²) in [6, 6.07) is 6.62. The van der Waals surface area contributed by atoms with Gasteiger partial charge in [-0.1, -0.05) is 6.07 Å². The third kappa shape index (κ3) is 3.36. The molecule has 0 aliphatic rings. The Morgan fingerprint density at radius 3 is 2.60 bits per heavy atom. The van der Waals surface area contributed by atoms with E-state index in [2.05, 4.69) is 18.9 Å². The molecule has 2 N–H and O–H groups in total. The van der Waals surface area contributed by atoms with Gasteiger partial charge in [0.1, 0.15) is 18.2 Å². The van der Waals surface area contributed by atoms with Crippen LogP contribution in [0.3, 0.4) is 0 Å². The Balaban J connectivity index is 2.01. The minimum absolute atomic E-state index is 0.312. The van der Waals surface area contributed by atoms with E-state index in [0.717, 1.165) is 5.69 Å². The second kappa shape index (κ2) is 6.05. The first kappa shape index (κ1) is 14.5. The van der Waals surface area contributed by atoms with E-state index in [1.165, 1.54) is 6.07 Å². The molecule has 0 radical (unpaired) electrons. The van der Waals surface area contributed by atoms with E-state index in [1.807, 2.05) is 16.9 Å². The molecule has 0 aliphatic carbocycles. The van der Waals surface area contributed by atoms with Crippen molar-refractivity contribution < 1.29 is 9.13 Å². The van der Waals surface area contributed by atoms with Crippen LogP contribution in [0.4, 0.5) is 4.39 Å². The number of halogens is 1. The molecule has 108 valence electrons. The van der Waals surface area contributed by atoms with Crippen molar-refractivity contribution in [3.8, 4) is 5.75 Å². The van der Waals surface area contributed by atoms with Gasteiger partial charge in [0.15, 0.2) is 0 Å². The molecule has 1 heterocycles. The van der Waals surface area contributed by atoms with E-state index in [0.29, 0.717) is 24.0 Å². The molecule has 1 aromatic heterocycles. The highest BCUT2D eigenvalue weighted by Gasteiger charge is 2.09. The van der Waals surface area contributed by atoms with Crippen LogP contribution >= 0.6 is 0 Å². The van der Waals surface area contributed by atoms with Crippen molar-refractivity contribution in [3.05, 3.63) is 47.5 Å². The predicted molar refractivity (Wildman–Crippen MR) is 75.9 cm³/mol. The summed E-state index contributed by atoms with van der Waals surface area (Å²) in [6.45, 7) is 6.17. The van der Waals surface area contributed by atoms with Gasteiger partial charge in [-0.3, -0.25) is 4.68 Å². The zero-order valence-electron chi connectivity index (χ0n) is 12.0. The fourth-order valence-corrected chi connectivity index (χ4v) is 1.87. The molecular weight excluding hydrogens is 257 g/mol. The van der Waals surface area contributed by atoms with Crippen molar-refractivity contribution in [2.75, 3.05) is 0 Å². The molecule has 0 aliphatic heterocycles. The van der Waals surface area contributed by atoms with E-state index in [-0.39, 0.29) is 11.9 Å². The third-order valence-corrected chi connectivity index (χ3v) is 3.04. The van der Waals surface area contributed by atoms with E-state index in [9.17, 15) is 4.39 Å². The number of rotatable bonds is 5. The summed E-state index contributed by atoms with van der Waals surface area (Å²) in [4.78, 5) is 0. The van der Waals surface area contributed by atoms with Gasteiger partial charge in [0.2, 0.25) is 0 Å². The van der Waals surface area contributed by atoms with Gasteiger partial charge in [0, 0.05) is 29.9 Å². The Bertz CT molecular complexity index is 578. The van der Waals surface area contributed by atoms with E-state index in [1.54, 1.807) is 19.1 Å². The standard InChI is InChI=1S/C15H20FN3O/c1-10(2)19-7-6-12(18-19)9-20-13-4-5-14(11(3)17)15(16)8-13/h4-8,10-11H,9,17H2,1-3H3/t11-/m0/s1. The number of hydrogen-bond donors (Lipinski definition) is 1. The fraction of sp³-hybridized carbons (Fsp3) is 0.400. The third-order valence-electron chi connectivity index (χ3n) is 3.04. The summed E-state index contributed by atoms with van der Waals surface area (Å²) < 4.78 is 21.2. The van der Waals surface area contributed by atoms with Crippen molar-refractivity contribution in [1.29, 1.82) is 0 Å². The van der Waals surface area contributed by atoms with Crippen molar-refractivity contribution in [3.63, 3.8) is 0 Å². The van der Waals surface area contributed by atoms with Gasteiger partial charge in [0.25, 0.3) is 0 Å². The van der Waals surface area contributed by atoms with Crippen LogP contribution in [0.5, 0.6) is 5.75 Å². The largest absolute Gasteiger partial charge is 0.487 e. The van der Waals surface area contributed by atoms with Crippen LogP contribution in [0, 0.1) is 5.82 Å². The van der Waals surface area contributed by atoms with E-state index >= 15 is 0 Å². The van der Waals surface area contributed by atoms with Crippen LogP contribution in [-0.2, 0) is 6.61 Å². The van der Waals surface area contributed by atoms with Gasteiger partial charge in [-0.2, -0.15) is 5.10 Å². The Labute approximate surface area is 118 Å². The van der Waals surface area contributed by atoms with Crippen molar-refractivity contribution in [2.24, 2.45) is 5.73 Å². The van der Waals surface area contributed by atoms with Crippen LogP contribution in [-0.4, -0.2) is 9.78 Å². The summed E-state index contributed by atoms with van der Waals surface area (Å²) >= 11 is 0. The highest BCUT2D eigenvalue weighted by atomic mass is 19.1. The van der Waals surface area contributed by atoms with Gasteiger partial charge in [-0.05, 0) is 32.9 Å². The number of benzene rings is 1. The number of ether oxygens (including phenoxy) is 1. The zero-order valence-corrected chi connectivity index (χ0v) is 12.0. The van der Waals surface area contributed by atoms with Gasteiger partial charge in [0.05, 0.1) is 5.69 Å². The molecule has 1 aromatic carbocycles. The second-order valence-electron chi connectivity index (χ2n) is 5.14. The van der Waals surface area contributed by atoms with Crippen molar-refractivity contribution >= 4 is 0 Å². The summed E-state index contributed by atoms with van der Waals surface area (Å²) in [6.07, 6.45) is 1.91. The molecule has 0 bridgehead atoms. The lowest BCUT2D eigenvalue weighted by Gasteiger charge is -2.10. The quantitative estimate of drug-likeness (QED) is 0.913. The van der Waals surface area contributed by atoms with Gasteiger partial charge < -0.3 is 10.5 Å². The molecule has 1 atom stereocenters. The maximum absolute atomic E-state index is 13.8. The minimum atomic E-state index is -0.342. The Kier molecular flexibility index (Phi) is 4.39. The number of aromatic nitrogens is 2. The van der Waals surface area contributed by atoms with E-state index in [4.69, 9.17) is 10.5 Å². The van der Waals surface area contributed by atoms with Crippen LogP contribution in [0.25, 0.3) is 0 Å². The van der Waals surface area contributed by atoms with Gasteiger partial charge in [-0.25, -0.2) is 4.39 Å². The molecule has 4 nitrogen and oxygen atoms in total. The maximum Gasteiger partial charge on any atom is 0.132 e. The first-order valence-electron chi connectivity index (χ1n) is 6.69. The lowest BCUT2D eigenvalue weighted by Crippen LogP contribution is -2.07. The second-order valence-corrected chi connectivity index (χ2v) is 5.14. The highest BCUT2D eigenvalue weighted by molar-refractivity contribution is 5.30. The average Bonchev–Trinajstić information content (AvgIpc) is 2.85. The average molecular weight is 277 g/mol. The smallest absolute Gasteiger partial charge is 0.132 e. The molecule has 0 unspecified atom stereocenters. The first-order valence-corrected chi connectivity index (χ1v) is 6.69. The predicted octanol–water partition coefficient (Wildman–Crippen LogP) is 3.20. The summed E-state index contributed by atoms with van der Waals surface area (Å²) in [5, 5.41) is 4.37. The summed E-state index contributed by atoms with van der Waals surface area (Å²) in [7, 11) is 0. The molecule has 0 saturated carbocycles. The summed E-state index contributed by atoms with van der Waals surface area (Å²) in [5.41, 5.74) is 6.97. The molecular formula is C15H20FN3O. The molecule has 2 aromatic rings. The first-order chi connectivity index (χ1) is 9.47. The molecule has 20 heavy (non-hydrogen) atoms. The SMILES string of the molecule is CC(C)n1ccc(COc2ccc([C@H](C)N)c(F)c2)n1. The minimum Gasteiger partial charge on any atom is -0.487 e. The lowest BCUT2D eigenvalue weighted by molar-refractivity contribution is 0.297. The van der Waals surface area contributed by atoms with Gasteiger partial charge >= 0.3 is 0 Å². The molecule has 0 spiro atoms. The lowest BCUT2D eigenvalue weighted by atomic mass is 10.1. The van der Waals surface area contributed by atoms with E-state index < -0.39 is 0 Å². The topological polar surface area (TPSA) is 53.1 Å². The monoisotopic (exact) mass is 277 g/mol. The van der Waals surface area contributed by atoms with Gasteiger partial charge in [-0.15, -0.1) is 0 Å². The van der Waals surface area contributed by atoms with Crippen molar-refractivity contribution in [2.45, 2.75) is 39.5 Å². The number of nitrogens with zero attached hydrogens (tertiary/aromatic N) is 2. The number of hydrogen-bond acceptors (Lipinski definition) is 3. The molecule has 0 amide bonds. The Hall–Kier alpha value is -1.88.